The van der Waals surface area contributed by atoms with Crippen molar-refractivity contribution in [2.45, 2.75) is 4.90 Å². The zero-order chi connectivity index (χ0) is 15.6. The SMILES string of the molecule is CN(c1ccc(O)cc1)S(=O)(=O)c1ccc(F)c(C#N)c1. The molecule has 0 spiro atoms. The minimum Gasteiger partial charge on any atom is -0.508 e. The number of aromatic hydroxyl groups is 1. The second kappa shape index (κ2) is 5.42. The van der Waals surface area contributed by atoms with Gasteiger partial charge in [0.1, 0.15) is 17.6 Å². The third kappa shape index (κ3) is 2.80. The Kier molecular flexibility index (Phi) is 3.82. The molecule has 1 N–H and O–H groups in total. The zero-order valence-corrected chi connectivity index (χ0v) is 11.8. The Hall–Kier alpha value is -2.59. The van der Waals surface area contributed by atoms with Crippen LogP contribution in [0.15, 0.2) is 47.4 Å². The van der Waals surface area contributed by atoms with E-state index in [2.05, 4.69) is 0 Å². The smallest absolute Gasteiger partial charge is 0.264 e. The molecule has 0 aromatic heterocycles. The van der Waals surface area contributed by atoms with E-state index in [1.807, 2.05) is 0 Å². The molecule has 5 nitrogen and oxygen atoms in total. The van der Waals surface area contributed by atoms with Crippen LogP contribution in [0, 0.1) is 17.1 Å². The molecule has 0 atom stereocenters. The van der Waals surface area contributed by atoms with E-state index in [1.165, 1.54) is 31.3 Å². The number of phenolic OH excluding ortho intramolecular Hbond substituents is 1. The highest BCUT2D eigenvalue weighted by atomic mass is 32.2. The molecule has 2 aromatic rings. The van der Waals surface area contributed by atoms with Gasteiger partial charge >= 0.3 is 0 Å². The molecule has 0 aliphatic carbocycles. The van der Waals surface area contributed by atoms with Crippen molar-refractivity contribution in [2.75, 3.05) is 11.4 Å². The maximum atomic E-state index is 13.3. The first-order valence-electron chi connectivity index (χ1n) is 5.84. The van der Waals surface area contributed by atoms with Crippen LogP contribution in [0.3, 0.4) is 0 Å². The third-order valence-corrected chi connectivity index (χ3v) is 4.71. The van der Waals surface area contributed by atoms with E-state index in [9.17, 15) is 17.9 Å². The van der Waals surface area contributed by atoms with Gasteiger partial charge in [0.05, 0.1) is 16.1 Å². The van der Waals surface area contributed by atoms with Gasteiger partial charge in [-0.25, -0.2) is 12.8 Å². The lowest BCUT2D eigenvalue weighted by molar-refractivity contribution is 0.475. The molecule has 0 radical (unpaired) electrons. The average molecular weight is 306 g/mol. The first-order chi connectivity index (χ1) is 9.86. The van der Waals surface area contributed by atoms with E-state index in [0.717, 1.165) is 22.5 Å². The Bertz CT molecular complexity index is 811. The van der Waals surface area contributed by atoms with Gasteiger partial charge in [-0.15, -0.1) is 0 Å². The van der Waals surface area contributed by atoms with Crippen molar-refractivity contribution in [1.29, 1.82) is 5.26 Å². The summed E-state index contributed by atoms with van der Waals surface area (Å²) in [5.74, 6) is -0.762. The second-order valence-electron chi connectivity index (χ2n) is 4.24. The number of nitrogens with zero attached hydrogens (tertiary/aromatic N) is 2. The number of nitriles is 1. The van der Waals surface area contributed by atoms with Gasteiger partial charge in [0, 0.05) is 7.05 Å². The van der Waals surface area contributed by atoms with Gasteiger partial charge in [0.15, 0.2) is 0 Å². The Morgan fingerprint density at radius 1 is 1.19 bits per heavy atom. The highest BCUT2D eigenvalue weighted by Gasteiger charge is 2.22. The summed E-state index contributed by atoms with van der Waals surface area (Å²) < 4.78 is 39.1. The molecule has 0 unspecified atom stereocenters. The second-order valence-corrected chi connectivity index (χ2v) is 6.21. The molecule has 0 amide bonds. The average Bonchev–Trinajstić information content (AvgIpc) is 2.47. The lowest BCUT2D eigenvalue weighted by Gasteiger charge is -2.19. The lowest BCUT2D eigenvalue weighted by atomic mass is 10.2. The molecule has 7 heteroatoms. The van der Waals surface area contributed by atoms with Crippen molar-refractivity contribution in [3.05, 3.63) is 53.8 Å². The van der Waals surface area contributed by atoms with Crippen LogP contribution in [0.4, 0.5) is 10.1 Å². The van der Waals surface area contributed by atoms with Crippen molar-refractivity contribution in [3.63, 3.8) is 0 Å². The Labute approximate surface area is 121 Å². The van der Waals surface area contributed by atoms with Crippen LogP contribution in [-0.4, -0.2) is 20.6 Å². The summed E-state index contributed by atoms with van der Waals surface area (Å²) >= 11 is 0. The van der Waals surface area contributed by atoms with E-state index in [4.69, 9.17) is 5.26 Å². The van der Waals surface area contributed by atoms with Gasteiger partial charge < -0.3 is 5.11 Å². The van der Waals surface area contributed by atoms with Gasteiger partial charge in [-0.1, -0.05) is 0 Å². The van der Waals surface area contributed by atoms with Gasteiger partial charge in [-0.3, -0.25) is 4.31 Å². The number of sulfonamides is 1. The summed E-state index contributed by atoms with van der Waals surface area (Å²) in [6.45, 7) is 0. The summed E-state index contributed by atoms with van der Waals surface area (Å²) in [5.41, 5.74) is -0.00851. The van der Waals surface area contributed by atoms with Gasteiger partial charge in [0.2, 0.25) is 0 Å². The summed E-state index contributed by atoms with van der Waals surface area (Å²) in [6, 6.07) is 10.2. The van der Waals surface area contributed by atoms with E-state index in [-0.39, 0.29) is 16.2 Å². The van der Waals surface area contributed by atoms with Crippen LogP contribution in [0.5, 0.6) is 5.75 Å². The highest BCUT2D eigenvalue weighted by molar-refractivity contribution is 7.92. The number of hydrogen-bond donors (Lipinski definition) is 1. The number of rotatable bonds is 3. The number of hydrogen-bond acceptors (Lipinski definition) is 4. The van der Waals surface area contributed by atoms with Crippen molar-refractivity contribution in [1.82, 2.24) is 0 Å². The minimum atomic E-state index is -3.92. The fraction of sp³-hybridized carbons (Fsp3) is 0.0714. The number of halogens is 1. The van der Waals surface area contributed by atoms with Crippen LogP contribution in [-0.2, 0) is 10.0 Å². The largest absolute Gasteiger partial charge is 0.508 e. The molecule has 0 aliphatic rings. The highest BCUT2D eigenvalue weighted by Crippen LogP contribution is 2.24. The van der Waals surface area contributed by atoms with Crippen molar-refractivity contribution < 1.29 is 17.9 Å². The Morgan fingerprint density at radius 2 is 1.81 bits per heavy atom. The molecule has 0 heterocycles. The maximum Gasteiger partial charge on any atom is 0.264 e. The van der Waals surface area contributed by atoms with Crippen LogP contribution >= 0.6 is 0 Å². The quantitative estimate of drug-likeness (QED) is 0.942. The fourth-order valence-electron chi connectivity index (χ4n) is 1.71. The molecule has 2 rings (SSSR count). The van der Waals surface area contributed by atoms with Crippen LogP contribution in [0.2, 0.25) is 0 Å². The molecule has 0 aliphatic heterocycles. The topological polar surface area (TPSA) is 81.4 Å². The van der Waals surface area contributed by atoms with E-state index in [1.54, 1.807) is 6.07 Å². The predicted molar refractivity (Wildman–Crippen MR) is 74.8 cm³/mol. The van der Waals surface area contributed by atoms with Crippen molar-refractivity contribution in [3.8, 4) is 11.8 Å². The molecule has 0 fully saturated rings. The molecular formula is C14H11FN2O3S. The molecule has 0 saturated carbocycles. The van der Waals surface area contributed by atoms with Crippen LogP contribution in [0.25, 0.3) is 0 Å². The standard InChI is InChI=1S/C14H11FN2O3S/c1-17(11-2-4-12(18)5-3-11)21(19,20)13-6-7-14(15)10(8-13)9-16/h2-8,18H,1H3. The minimum absolute atomic E-state index is 0.0121. The predicted octanol–water partition coefficient (Wildman–Crippen LogP) is 2.23. The number of anilines is 1. The van der Waals surface area contributed by atoms with Crippen molar-refractivity contribution >= 4 is 15.7 Å². The monoisotopic (exact) mass is 306 g/mol. The molecular weight excluding hydrogens is 295 g/mol. The first kappa shape index (κ1) is 14.8. The molecule has 2 aromatic carbocycles. The summed E-state index contributed by atoms with van der Waals surface area (Å²) in [5, 5.41) is 18.0. The maximum absolute atomic E-state index is 13.3. The van der Waals surface area contributed by atoms with Crippen molar-refractivity contribution in [2.24, 2.45) is 0 Å². The molecule has 108 valence electrons. The normalized spacial score (nSPS) is 10.9. The van der Waals surface area contributed by atoms with Crippen LogP contribution in [0.1, 0.15) is 5.56 Å². The fourth-order valence-corrected chi connectivity index (χ4v) is 2.93. The first-order valence-corrected chi connectivity index (χ1v) is 7.28. The van der Waals surface area contributed by atoms with E-state index < -0.39 is 15.8 Å². The van der Waals surface area contributed by atoms with E-state index >= 15 is 0 Å². The van der Waals surface area contributed by atoms with E-state index in [0.29, 0.717) is 5.69 Å². The molecule has 0 bridgehead atoms. The lowest BCUT2D eigenvalue weighted by Crippen LogP contribution is -2.26. The van der Waals surface area contributed by atoms with Gasteiger partial charge in [-0.2, -0.15) is 5.26 Å². The Morgan fingerprint density at radius 3 is 2.38 bits per heavy atom. The molecule has 21 heavy (non-hydrogen) atoms. The molecule has 0 saturated heterocycles. The van der Waals surface area contributed by atoms with Gasteiger partial charge in [0.25, 0.3) is 10.0 Å². The number of phenols is 1. The van der Waals surface area contributed by atoms with Crippen LogP contribution < -0.4 is 4.31 Å². The summed E-state index contributed by atoms with van der Waals surface area (Å²) in [6.07, 6.45) is 0. The summed E-state index contributed by atoms with van der Waals surface area (Å²) in [4.78, 5) is -0.184. The number of benzene rings is 2. The summed E-state index contributed by atoms with van der Waals surface area (Å²) in [7, 11) is -2.59. The zero-order valence-electron chi connectivity index (χ0n) is 11.0. The Balaban J connectivity index is 2.47. The van der Waals surface area contributed by atoms with Gasteiger partial charge in [-0.05, 0) is 42.5 Å². The third-order valence-electron chi connectivity index (χ3n) is 2.93.